The average molecular weight is 304 g/mol. The lowest BCUT2D eigenvalue weighted by atomic mass is 10.3. The molecule has 21 heavy (non-hydrogen) atoms. The highest BCUT2D eigenvalue weighted by Crippen LogP contribution is 2.21. The normalized spacial score (nSPS) is 12.0. The minimum atomic E-state index is -4.35. The number of rotatable bonds is 7. The molecule has 8 heteroatoms. The van der Waals surface area contributed by atoms with E-state index in [1.165, 1.54) is 4.90 Å². The van der Waals surface area contributed by atoms with Gasteiger partial charge in [0.1, 0.15) is 12.1 Å². The fourth-order valence-corrected chi connectivity index (χ4v) is 1.78. The molecule has 1 N–H and O–H groups in total. The highest BCUT2D eigenvalue weighted by Gasteiger charge is 2.27. The molecule has 5 nitrogen and oxygen atoms in total. The summed E-state index contributed by atoms with van der Waals surface area (Å²) in [5.74, 6) is 0. The molecule has 0 radical (unpaired) electrons. The van der Waals surface area contributed by atoms with Gasteiger partial charge < -0.3 is 19.2 Å². The monoisotopic (exact) mass is 304 g/mol. The number of halogens is 3. The van der Waals surface area contributed by atoms with Gasteiger partial charge in [-0.15, -0.1) is 0 Å². The number of aliphatic hydroxyl groups is 1. The maximum Gasteiger partial charge on any atom is 0.411 e. The lowest BCUT2D eigenvalue weighted by molar-refractivity contribution is -0.173. The van der Waals surface area contributed by atoms with E-state index in [9.17, 15) is 13.2 Å². The van der Waals surface area contributed by atoms with Gasteiger partial charge >= 0.3 is 6.18 Å². The summed E-state index contributed by atoms with van der Waals surface area (Å²) in [6.07, 6.45) is -4.35. The van der Waals surface area contributed by atoms with Crippen LogP contribution >= 0.6 is 0 Å². The van der Waals surface area contributed by atoms with Crippen LogP contribution in [0.4, 0.5) is 19.2 Å². The first-order valence-corrected chi connectivity index (χ1v) is 6.35. The minimum absolute atomic E-state index is 0.141. The van der Waals surface area contributed by atoms with E-state index in [1.807, 2.05) is 0 Å². The van der Waals surface area contributed by atoms with Crippen molar-refractivity contribution in [2.75, 3.05) is 37.8 Å². The van der Waals surface area contributed by atoms with E-state index in [1.54, 1.807) is 24.3 Å². The van der Waals surface area contributed by atoms with Gasteiger partial charge in [-0.05, 0) is 12.1 Å². The average Bonchev–Trinajstić information content (AvgIpc) is 2.84. The number of ether oxygens (including phenoxy) is 1. The lowest BCUT2D eigenvalue weighted by Crippen LogP contribution is -2.31. The molecule has 116 valence electrons. The first-order chi connectivity index (χ1) is 9.99. The Kier molecular flexibility index (Phi) is 5.03. The summed E-state index contributed by atoms with van der Waals surface area (Å²) in [6, 6.07) is 7.35. The van der Waals surface area contributed by atoms with Crippen molar-refractivity contribution in [3.8, 4) is 0 Å². The van der Waals surface area contributed by atoms with Gasteiger partial charge in [-0.2, -0.15) is 18.2 Å². The second kappa shape index (κ2) is 6.77. The van der Waals surface area contributed by atoms with E-state index in [0.29, 0.717) is 11.1 Å². The van der Waals surface area contributed by atoms with E-state index in [0.717, 1.165) is 0 Å². The first-order valence-electron chi connectivity index (χ1n) is 6.35. The van der Waals surface area contributed by atoms with Gasteiger partial charge in [-0.25, -0.2) is 0 Å². The van der Waals surface area contributed by atoms with Crippen LogP contribution in [0.3, 0.4) is 0 Å². The third-order valence-corrected chi connectivity index (χ3v) is 2.69. The molecule has 0 bridgehead atoms. The molecule has 0 saturated carbocycles. The van der Waals surface area contributed by atoms with Crippen LogP contribution in [0.25, 0.3) is 11.1 Å². The van der Waals surface area contributed by atoms with Gasteiger partial charge in [0, 0.05) is 13.1 Å². The number of hydrogen-bond donors (Lipinski definition) is 1. The molecule has 2 rings (SSSR count). The maximum atomic E-state index is 12.0. The van der Waals surface area contributed by atoms with E-state index >= 15 is 0 Å². The van der Waals surface area contributed by atoms with Crippen molar-refractivity contribution in [3.63, 3.8) is 0 Å². The van der Waals surface area contributed by atoms with E-state index < -0.39 is 12.8 Å². The molecule has 1 aromatic carbocycles. The summed E-state index contributed by atoms with van der Waals surface area (Å²) < 4.78 is 46.0. The number of hydrogen-bond acceptors (Lipinski definition) is 5. The summed E-state index contributed by atoms with van der Waals surface area (Å²) in [7, 11) is 0. The molecule has 0 aliphatic heterocycles. The molecular weight excluding hydrogens is 289 g/mol. The molecule has 0 spiro atoms. The number of aliphatic hydroxyl groups excluding tert-OH is 1. The predicted octanol–water partition coefficient (Wildman–Crippen LogP) is 2.21. The quantitative estimate of drug-likeness (QED) is 0.795. The zero-order valence-electron chi connectivity index (χ0n) is 11.1. The SMILES string of the molecule is OCCN(CCOCC(F)(F)F)c1nc2ccccc2o1. The summed E-state index contributed by atoms with van der Waals surface area (Å²) in [5, 5.41) is 9.03. The summed E-state index contributed by atoms with van der Waals surface area (Å²) >= 11 is 0. The van der Waals surface area contributed by atoms with Crippen molar-refractivity contribution in [1.29, 1.82) is 0 Å². The molecule has 2 aromatic rings. The van der Waals surface area contributed by atoms with Crippen molar-refractivity contribution in [1.82, 2.24) is 4.98 Å². The molecule has 0 aliphatic carbocycles. The van der Waals surface area contributed by atoms with Crippen LogP contribution in [0.5, 0.6) is 0 Å². The number of oxazole rings is 1. The van der Waals surface area contributed by atoms with E-state index in [4.69, 9.17) is 9.52 Å². The molecule has 0 unspecified atom stereocenters. The number of aromatic nitrogens is 1. The van der Waals surface area contributed by atoms with Gasteiger partial charge in [0.05, 0.1) is 13.2 Å². The largest absolute Gasteiger partial charge is 0.423 e. The number of para-hydroxylation sites is 2. The molecule has 1 aromatic heterocycles. The third-order valence-electron chi connectivity index (χ3n) is 2.69. The maximum absolute atomic E-state index is 12.0. The first kappa shape index (κ1) is 15.6. The van der Waals surface area contributed by atoms with Gasteiger partial charge in [-0.1, -0.05) is 12.1 Å². The van der Waals surface area contributed by atoms with Crippen molar-refractivity contribution in [3.05, 3.63) is 24.3 Å². The number of anilines is 1. The Morgan fingerprint density at radius 1 is 1.24 bits per heavy atom. The zero-order chi connectivity index (χ0) is 15.3. The number of alkyl halides is 3. The fourth-order valence-electron chi connectivity index (χ4n) is 1.78. The Morgan fingerprint density at radius 3 is 2.67 bits per heavy atom. The van der Waals surface area contributed by atoms with Crippen LogP contribution in [-0.2, 0) is 4.74 Å². The lowest BCUT2D eigenvalue weighted by Gasteiger charge is -2.19. The van der Waals surface area contributed by atoms with Gasteiger partial charge in [0.25, 0.3) is 6.01 Å². The van der Waals surface area contributed by atoms with Crippen LogP contribution in [-0.4, -0.2) is 49.2 Å². The van der Waals surface area contributed by atoms with Crippen LogP contribution in [0, 0.1) is 0 Å². The smallest absolute Gasteiger partial charge is 0.411 e. The molecule has 1 heterocycles. The Morgan fingerprint density at radius 2 is 2.00 bits per heavy atom. The Balaban J connectivity index is 1.97. The Bertz CT molecular complexity index is 538. The van der Waals surface area contributed by atoms with E-state index in [-0.39, 0.29) is 32.3 Å². The molecular formula is C13H15F3N2O3. The van der Waals surface area contributed by atoms with Gasteiger partial charge in [-0.3, -0.25) is 0 Å². The Hall–Kier alpha value is -1.80. The minimum Gasteiger partial charge on any atom is -0.423 e. The van der Waals surface area contributed by atoms with Crippen molar-refractivity contribution in [2.45, 2.75) is 6.18 Å². The second-order valence-corrected chi connectivity index (χ2v) is 4.34. The number of nitrogens with zero attached hydrogens (tertiary/aromatic N) is 2. The van der Waals surface area contributed by atoms with Crippen LogP contribution in [0.1, 0.15) is 0 Å². The predicted molar refractivity (Wildman–Crippen MR) is 70.2 cm³/mol. The number of benzene rings is 1. The fraction of sp³-hybridized carbons (Fsp3) is 0.462. The van der Waals surface area contributed by atoms with Gasteiger partial charge in [0.15, 0.2) is 5.58 Å². The molecule has 0 atom stereocenters. The summed E-state index contributed by atoms with van der Waals surface area (Å²) in [5.41, 5.74) is 1.22. The highest BCUT2D eigenvalue weighted by atomic mass is 19.4. The van der Waals surface area contributed by atoms with Gasteiger partial charge in [0.2, 0.25) is 0 Å². The van der Waals surface area contributed by atoms with E-state index in [2.05, 4.69) is 9.72 Å². The van der Waals surface area contributed by atoms with Crippen LogP contribution < -0.4 is 4.90 Å². The molecule has 0 fully saturated rings. The standard InChI is InChI=1S/C13H15F3N2O3/c14-13(15,16)9-20-8-6-18(5-7-19)12-17-10-3-1-2-4-11(10)21-12/h1-4,19H,5-9H2. The van der Waals surface area contributed by atoms with Crippen LogP contribution in [0.15, 0.2) is 28.7 Å². The van der Waals surface area contributed by atoms with Crippen LogP contribution in [0.2, 0.25) is 0 Å². The molecule has 0 aliphatic rings. The third kappa shape index (κ3) is 4.61. The second-order valence-electron chi connectivity index (χ2n) is 4.34. The molecule has 0 saturated heterocycles. The molecule has 0 amide bonds. The summed E-state index contributed by atoms with van der Waals surface area (Å²) in [4.78, 5) is 5.77. The topological polar surface area (TPSA) is 58.7 Å². The van der Waals surface area contributed by atoms with Crippen molar-refractivity contribution >= 4 is 17.1 Å². The van der Waals surface area contributed by atoms with Crippen molar-refractivity contribution < 1.29 is 27.4 Å². The highest BCUT2D eigenvalue weighted by molar-refractivity contribution is 5.74. The summed E-state index contributed by atoms with van der Waals surface area (Å²) in [6.45, 7) is -1.27. The number of fused-ring (bicyclic) bond motifs is 1. The Labute approximate surface area is 118 Å². The van der Waals surface area contributed by atoms with Crippen molar-refractivity contribution in [2.24, 2.45) is 0 Å². The zero-order valence-corrected chi connectivity index (χ0v) is 11.1.